The molecule has 5 nitrogen and oxygen atoms in total. The van der Waals surface area contributed by atoms with Crippen molar-refractivity contribution in [1.82, 2.24) is 5.32 Å². The summed E-state index contributed by atoms with van der Waals surface area (Å²) in [6, 6.07) is 4.66. The lowest BCUT2D eigenvalue weighted by molar-refractivity contribution is -0.120. The van der Waals surface area contributed by atoms with E-state index in [-0.39, 0.29) is 24.1 Å². The number of aromatic carboxylic acids is 1. The Bertz CT molecular complexity index is 489. The molecule has 0 spiro atoms. The SMILES string of the molecule is CC(C)NC(=O)CN(C)c1c(Cl)cccc1C(=O)O. The molecule has 0 saturated carbocycles. The fourth-order valence-corrected chi connectivity index (χ4v) is 2.06. The molecule has 0 aliphatic rings. The molecule has 0 aliphatic carbocycles. The number of rotatable bonds is 5. The van der Waals surface area contributed by atoms with Crippen LogP contribution in [0, 0.1) is 0 Å². The molecule has 0 heterocycles. The second-order valence-corrected chi connectivity index (χ2v) is 4.93. The maximum absolute atomic E-state index is 11.7. The number of nitrogens with one attached hydrogen (secondary N) is 1. The number of hydrogen-bond acceptors (Lipinski definition) is 3. The van der Waals surface area contributed by atoms with Crippen molar-refractivity contribution < 1.29 is 14.7 Å². The first-order valence-electron chi connectivity index (χ1n) is 5.85. The van der Waals surface area contributed by atoms with E-state index < -0.39 is 5.97 Å². The molecule has 0 radical (unpaired) electrons. The fraction of sp³-hybridized carbons (Fsp3) is 0.385. The molecule has 0 fully saturated rings. The monoisotopic (exact) mass is 284 g/mol. The van der Waals surface area contributed by atoms with Crippen LogP contribution >= 0.6 is 11.6 Å². The molecular formula is C13H17ClN2O3. The van der Waals surface area contributed by atoms with E-state index in [4.69, 9.17) is 16.7 Å². The number of benzene rings is 1. The number of amides is 1. The Kier molecular flexibility index (Phi) is 5.18. The fourth-order valence-electron chi connectivity index (χ4n) is 1.74. The summed E-state index contributed by atoms with van der Waals surface area (Å²) in [5.41, 5.74) is 0.419. The third kappa shape index (κ3) is 4.13. The van der Waals surface area contributed by atoms with Gasteiger partial charge in [-0.2, -0.15) is 0 Å². The molecule has 0 aliphatic heterocycles. The summed E-state index contributed by atoms with van der Waals surface area (Å²) in [6.07, 6.45) is 0. The van der Waals surface area contributed by atoms with Crippen molar-refractivity contribution in [1.29, 1.82) is 0 Å². The maximum Gasteiger partial charge on any atom is 0.337 e. The Morgan fingerprint density at radius 2 is 2.05 bits per heavy atom. The molecule has 0 bridgehead atoms. The van der Waals surface area contributed by atoms with E-state index in [0.717, 1.165) is 0 Å². The van der Waals surface area contributed by atoms with Gasteiger partial charge in [-0.15, -0.1) is 0 Å². The number of halogens is 1. The third-order valence-electron chi connectivity index (χ3n) is 2.43. The molecular weight excluding hydrogens is 268 g/mol. The number of anilines is 1. The summed E-state index contributed by atoms with van der Waals surface area (Å²) in [7, 11) is 1.63. The van der Waals surface area contributed by atoms with Gasteiger partial charge in [0.15, 0.2) is 0 Å². The van der Waals surface area contributed by atoms with Crippen LogP contribution in [0.4, 0.5) is 5.69 Å². The quantitative estimate of drug-likeness (QED) is 0.868. The predicted molar refractivity (Wildman–Crippen MR) is 75.0 cm³/mol. The minimum atomic E-state index is -1.08. The number of hydrogen-bond donors (Lipinski definition) is 2. The first-order valence-corrected chi connectivity index (χ1v) is 6.23. The van der Waals surface area contributed by atoms with E-state index >= 15 is 0 Å². The highest BCUT2D eigenvalue weighted by Gasteiger charge is 2.18. The lowest BCUT2D eigenvalue weighted by Crippen LogP contribution is -2.39. The average Bonchev–Trinajstić information content (AvgIpc) is 2.26. The van der Waals surface area contributed by atoms with Crippen molar-refractivity contribution in [3.8, 4) is 0 Å². The van der Waals surface area contributed by atoms with Crippen molar-refractivity contribution in [3.05, 3.63) is 28.8 Å². The zero-order valence-corrected chi connectivity index (χ0v) is 11.9. The number of carbonyl (C=O) groups excluding carboxylic acids is 1. The Labute approximate surface area is 117 Å². The van der Waals surface area contributed by atoms with Crippen LogP contribution in [0.2, 0.25) is 5.02 Å². The first-order chi connectivity index (χ1) is 8.82. The molecule has 0 aromatic heterocycles. The zero-order chi connectivity index (χ0) is 14.6. The molecule has 2 N–H and O–H groups in total. The van der Waals surface area contributed by atoms with E-state index in [1.54, 1.807) is 19.2 Å². The first kappa shape index (κ1) is 15.3. The van der Waals surface area contributed by atoms with E-state index in [2.05, 4.69) is 5.32 Å². The van der Waals surface area contributed by atoms with Gasteiger partial charge in [-0.1, -0.05) is 17.7 Å². The van der Waals surface area contributed by atoms with Gasteiger partial charge in [0, 0.05) is 13.1 Å². The summed E-state index contributed by atoms with van der Waals surface area (Å²) in [5.74, 6) is -1.26. The Morgan fingerprint density at radius 3 is 2.58 bits per heavy atom. The molecule has 1 aromatic rings. The van der Waals surface area contributed by atoms with E-state index in [0.29, 0.717) is 10.7 Å². The predicted octanol–water partition coefficient (Wildman–Crippen LogP) is 2.00. The van der Waals surface area contributed by atoms with Gasteiger partial charge in [0.25, 0.3) is 0 Å². The molecule has 19 heavy (non-hydrogen) atoms. The van der Waals surface area contributed by atoms with Gasteiger partial charge in [0.05, 0.1) is 22.8 Å². The Hall–Kier alpha value is -1.75. The summed E-state index contributed by atoms with van der Waals surface area (Å²) >= 11 is 6.02. The van der Waals surface area contributed by atoms with Crippen LogP contribution in [-0.4, -0.2) is 36.6 Å². The van der Waals surface area contributed by atoms with Crippen LogP contribution in [-0.2, 0) is 4.79 Å². The lowest BCUT2D eigenvalue weighted by atomic mass is 10.1. The van der Waals surface area contributed by atoms with Crippen molar-refractivity contribution in [2.45, 2.75) is 19.9 Å². The van der Waals surface area contributed by atoms with Crippen LogP contribution < -0.4 is 10.2 Å². The van der Waals surface area contributed by atoms with Crippen LogP contribution in [0.25, 0.3) is 0 Å². The molecule has 0 saturated heterocycles. The van der Waals surface area contributed by atoms with Crippen LogP contribution in [0.15, 0.2) is 18.2 Å². The van der Waals surface area contributed by atoms with E-state index in [1.165, 1.54) is 11.0 Å². The highest BCUT2D eigenvalue weighted by Crippen LogP contribution is 2.29. The Morgan fingerprint density at radius 1 is 1.42 bits per heavy atom. The summed E-state index contributed by atoms with van der Waals surface area (Å²) in [4.78, 5) is 24.4. The summed E-state index contributed by atoms with van der Waals surface area (Å²) in [6.45, 7) is 3.76. The van der Waals surface area contributed by atoms with Crippen LogP contribution in [0.5, 0.6) is 0 Å². The van der Waals surface area contributed by atoms with Gasteiger partial charge < -0.3 is 15.3 Å². The highest BCUT2D eigenvalue weighted by atomic mass is 35.5. The lowest BCUT2D eigenvalue weighted by Gasteiger charge is -2.22. The number of carboxylic acid groups (broad SMARTS) is 1. The summed E-state index contributed by atoms with van der Waals surface area (Å²) < 4.78 is 0. The topological polar surface area (TPSA) is 69.6 Å². The van der Waals surface area contributed by atoms with Crippen molar-refractivity contribution in [3.63, 3.8) is 0 Å². The minimum absolute atomic E-state index is 0.0334. The standard InChI is InChI=1S/C13H17ClN2O3/c1-8(2)15-11(17)7-16(3)12-9(13(18)19)5-4-6-10(12)14/h4-6,8H,7H2,1-3H3,(H,15,17)(H,18,19). The maximum atomic E-state index is 11.7. The third-order valence-corrected chi connectivity index (χ3v) is 2.73. The largest absolute Gasteiger partial charge is 0.478 e. The second kappa shape index (κ2) is 6.43. The number of carboxylic acids is 1. The highest BCUT2D eigenvalue weighted by molar-refractivity contribution is 6.34. The molecule has 1 amide bonds. The summed E-state index contributed by atoms with van der Waals surface area (Å²) in [5, 5.41) is 12.2. The Balaban J connectivity index is 2.96. The number of likely N-dealkylation sites (N-methyl/N-ethyl adjacent to an activating group) is 1. The van der Waals surface area contributed by atoms with Gasteiger partial charge in [0.1, 0.15) is 0 Å². The van der Waals surface area contributed by atoms with Gasteiger partial charge in [-0.3, -0.25) is 4.79 Å². The van der Waals surface area contributed by atoms with Crippen LogP contribution in [0.3, 0.4) is 0 Å². The van der Waals surface area contributed by atoms with Gasteiger partial charge in [0.2, 0.25) is 5.91 Å². The van der Waals surface area contributed by atoms with E-state index in [9.17, 15) is 9.59 Å². The number of carbonyl (C=O) groups is 2. The second-order valence-electron chi connectivity index (χ2n) is 4.52. The zero-order valence-electron chi connectivity index (χ0n) is 11.1. The van der Waals surface area contributed by atoms with Gasteiger partial charge in [-0.05, 0) is 26.0 Å². The average molecular weight is 285 g/mol. The molecule has 0 unspecified atom stereocenters. The minimum Gasteiger partial charge on any atom is -0.478 e. The van der Waals surface area contributed by atoms with Crippen molar-refractivity contribution in [2.24, 2.45) is 0 Å². The molecule has 1 rings (SSSR count). The van der Waals surface area contributed by atoms with Crippen molar-refractivity contribution in [2.75, 3.05) is 18.5 Å². The normalized spacial score (nSPS) is 10.4. The number of nitrogens with zero attached hydrogens (tertiary/aromatic N) is 1. The van der Waals surface area contributed by atoms with Gasteiger partial charge >= 0.3 is 5.97 Å². The smallest absolute Gasteiger partial charge is 0.337 e. The molecule has 0 atom stereocenters. The molecule has 1 aromatic carbocycles. The van der Waals surface area contributed by atoms with Crippen molar-refractivity contribution >= 4 is 29.2 Å². The number of para-hydroxylation sites is 1. The molecule has 6 heteroatoms. The van der Waals surface area contributed by atoms with Gasteiger partial charge in [-0.25, -0.2) is 4.79 Å². The van der Waals surface area contributed by atoms with E-state index in [1.807, 2.05) is 13.8 Å². The molecule has 104 valence electrons. The van der Waals surface area contributed by atoms with Crippen LogP contribution in [0.1, 0.15) is 24.2 Å².